The van der Waals surface area contributed by atoms with E-state index < -0.39 is 0 Å². The molecule has 4 heteroatoms. The van der Waals surface area contributed by atoms with Gasteiger partial charge in [0.25, 0.3) is 0 Å². The van der Waals surface area contributed by atoms with E-state index >= 15 is 0 Å². The quantitative estimate of drug-likeness (QED) is 0.644. The summed E-state index contributed by atoms with van der Waals surface area (Å²) in [5.41, 5.74) is 5.43. The number of carbonyl (C=O) groups excluding carboxylic acids is 1. The minimum absolute atomic E-state index is 0.0533. The Morgan fingerprint density at radius 1 is 1.44 bits per heavy atom. The Labute approximate surface area is 104 Å². The lowest BCUT2D eigenvalue weighted by Gasteiger charge is -2.17. The summed E-state index contributed by atoms with van der Waals surface area (Å²) in [4.78, 5) is 11.9. The third-order valence-corrected chi connectivity index (χ3v) is 3.28. The molecule has 16 heavy (non-hydrogen) atoms. The molecule has 0 rings (SSSR count). The van der Waals surface area contributed by atoms with Gasteiger partial charge < -0.3 is 11.1 Å². The number of nitrogens with one attached hydrogen (secondary N) is 1. The van der Waals surface area contributed by atoms with Gasteiger partial charge in [0.1, 0.15) is 0 Å². The monoisotopic (exact) mass is 244 g/mol. The first kappa shape index (κ1) is 15.4. The van der Waals surface area contributed by atoms with Crippen LogP contribution in [0.25, 0.3) is 0 Å². The minimum Gasteiger partial charge on any atom is -0.393 e. The van der Waals surface area contributed by atoms with Crippen molar-refractivity contribution in [3.05, 3.63) is 0 Å². The maximum Gasteiger partial charge on any atom is 0.229 e. The van der Waals surface area contributed by atoms with Crippen LogP contribution in [-0.2, 0) is 4.79 Å². The summed E-state index contributed by atoms with van der Waals surface area (Å²) >= 11 is 4.79. The van der Waals surface area contributed by atoms with Crippen molar-refractivity contribution >= 4 is 23.1 Å². The Morgan fingerprint density at radius 3 is 2.50 bits per heavy atom. The maximum atomic E-state index is 11.6. The van der Waals surface area contributed by atoms with E-state index in [1.807, 2.05) is 0 Å². The molecule has 0 aliphatic carbocycles. The predicted molar refractivity (Wildman–Crippen MR) is 72.3 cm³/mol. The summed E-state index contributed by atoms with van der Waals surface area (Å²) in [6.45, 7) is 6.82. The lowest BCUT2D eigenvalue weighted by molar-refractivity contribution is -0.122. The maximum absolute atomic E-state index is 11.6. The molecule has 0 aromatic rings. The van der Waals surface area contributed by atoms with E-state index in [2.05, 4.69) is 19.2 Å². The highest BCUT2D eigenvalue weighted by atomic mass is 32.1. The Hall–Kier alpha value is -0.640. The second-order valence-electron chi connectivity index (χ2n) is 4.29. The van der Waals surface area contributed by atoms with Gasteiger partial charge in [-0.05, 0) is 19.3 Å². The van der Waals surface area contributed by atoms with Gasteiger partial charge in [0.05, 0.1) is 10.9 Å². The summed E-state index contributed by atoms with van der Waals surface area (Å²) < 4.78 is 0. The molecule has 0 aromatic carbocycles. The number of unbranched alkanes of at least 4 members (excludes halogenated alkanes) is 1. The van der Waals surface area contributed by atoms with Crippen molar-refractivity contribution in [1.82, 2.24) is 5.32 Å². The van der Waals surface area contributed by atoms with Crippen molar-refractivity contribution in [1.29, 1.82) is 0 Å². The molecule has 0 fully saturated rings. The fraction of sp³-hybridized carbons (Fsp3) is 0.833. The van der Waals surface area contributed by atoms with Gasteiger partial charge in [-0.25, -0.2) is 0 Å². The van der Waals surface area contributed by atoms with Crippen molar-refractivity contribution in [3.63, 3.8) is 0 Å². The van der Waals surface area contributed by atoms with E-state index in [9.17, 15) is 4.79 Å². The van der Waals surface area contributed by atoms with Gasteiger partial charge in [-0.1, -0.05) is 45.3 Å². The lowest BCUT2D eigenvalue weighted by atomic mass is 9.99. The fourth-order valence-electron chi connectivity index (χ4n) is 1.47. The number of thiocarbonyl (C=S) groups is 1. The molecule has 0 spiro atoms. The molecule has 0 aliphatic rings. The van der Waals surface area contributed by atoms with Crippen LogP contribution in [0.2, 0.25) is 0 Å². The molecule has 2 unspecified atom stereocenters. The van der Waals surface area contributed by atoms with Gasteiger partial charge in [0.2, 0.25) is 5.91 Å². The molecule has 0 saturated carbocycles. The fourth-order valence-corrected chi connectivity index (χ4v) is 1.58. The summed E-state index contributed by atoms with van der Waals surface area (Å²) in [6.07, 6.45) is 4.70. The van der Waals surface area contributed by atoms with E-state index in [1.165, 1.54) is 19.3 Å². The normalized spacial score (nSPS) is 14.2. The number of hydrogen-bond acceptors (Lipinski definition) is 2. The van der Waals surface area contributed by atoms with Crippen molar-refractivity contribution in [2.24, 2.45) is 17.6 Å². The third kappa shape index (κ3) is 6.05. The number of amides is 1. The zero-order chi connectivity index (χ0) is 12.6. The topological polar surface area (TPSA) is 55.1 Å². The Morgan fingerprint density at radius 2 is 2.06 bits per heavy atom. The average Bonchev–Trinajstić information content (AvgIpc) is 2.27. The zero-order valence-corrected chi connectivity index (χ0v) is 11.4. The summed E-state index contributed by atoms with van der Waals surface area (Å²) in [6, 6.07) is 0. The van der Waals surface area contributed by atoms with Crippen LogP contribution < -0.4 is 11.1 Å². The van der Waals surface area contributed by atoms with Gasteiger partial charge in [-0.3, -0.25) is 4.79 Å². The Balaban J connectivity index is 3.92. The van der Waals surface area contributed by atoms with E-state index in [1.54, 1.807) is 6.92 Å². The second-order valence-corrected chi connectivity index (χ2v) is 4.76. The van der Waals surface area contributed by atoms with Gasteiger partial charge in [0.15, 0.2) is 0 Å². The van der Waals surface area contributed by atoms with Crippen LogP contribution in [0, 0.1) is 11.8 Å². The number of hydrogen-bond donors (Lipinski definition) is 2. The highest BCUT2D eigenvalue weighted by Crippen LogP contribution is 2.11. The summed E-state index contributed by atoms with van der Waals surface area (Å²) in [7, 11) is 0. The van der Waals surface area contributed by atoms with E-state index in [0.717, 1.165) is 13.0 Å². The largest absolute Gasteiger partial charge is 0.393 e. The third-order valence-electron chi connectivity index (χ3n) is 2.93. The standard InChI is InChI=1S/C12H24N2OS/c1-4-6-7-10(5-2)8-14-12(15)9(3)11(13)16/h9-10H,4-8H2,1-3H3,(H2,13,16)(H,14,15). The molecule has 0 saturated heterocycles. The van der Waals surface area contributed by atoms with Crippen LogP contribution in [0.5, 0.6) is 0 Å². The van der Waals surface area contributed by atoms with Gasteiger partial charge in [0, 0.05) is 6.54 Å². The summed E-state index contributed by atoms with van der Waals surface area (Å²) in [5, 5.41) is 2.92. The molecule has 2 atom stereocenters. The first-order chi connectivity index (χ1) is 7.52. The van der Waals surface area contributed by atoms with Crippen molar-refractivity contribution in [2.75, 3.05) is 6.54 Å². The SMILES string of the molecule is CCCCC(CC)CNC(=O)C(C)C(N)=S. The molecule has 0 radical (unpaired) electrons. The van der Waals surface area contributed by atoms with Crippen LogP contribution in [-0.4, -0.2) is 17.4 Å². The first-order valence-corrected chi connectivity index (χ1v) is 6.50. The predicted octanol–water partition coefficient (Wildman–Crippen LogP) is 2.24. The molecule has 3 N–H and O–H groups in total. The van der Waals surface area contributed by atoms with E-state index in [4.69, 9.17) is 18.0 Å². The van der Waals surface area contributed by atoms with Crippen LogP contribution >= 0.6 is 12.2 Å². The van der Waals surface area contributed by atoms with Crippen LogP contribution in [0.3, 0.4) is 0 Å². The molecule has 3 nitrogen and oxygen atoms in total. The molecular weight excluding hydrogens is 220 g/mol. The molecule has 1 amide bonds. The molecule has 0 aromatic heterocycles. The first-order valence-electron chi connectivity index (χ1n) is 6.09. The molecule has 0 heterocycles. The molecule has 0 bridgehead atoms. The molecular formula is C12H24N2OS. The molecule has 0 aliphatic heterocycles. The van der Waals surface area contributed by atoms with E-state index in [0.29, 0.717) is 5.92 Å². The van der Waals surface area contributed by atoms with Crippen molar-refractivity contribution < 1.29 is 4.79 Å². The highest BCUT2D eigenvalue weighted by molar-refractivity contribution is 7.80. The zero-order valence-electron chi connectivity index (χ0n) is 10.6. The lowest BCUT2D eigenvalue weighted by Crippen LogP contribution is -2.38. The highest BCUT2D eigenvalue weighted by Gasteiger charge is 2.16. The second kappa shape index (κ2) is 8.50. The Bertz CT molecular complexity index is 231. The average molecular weight is 244 g/mol. The van der Waals surface area contributed by atoms with Gasteiger partial charge >= 0.3 is 0 Å². The Kier molecular flexibility index (Phi) is 8.16. The van der Waals surface area contributed by atoms with Crippen LogP contribution in [0.4, 0.5) is 0 Å². The molecule has 94 valence electrons. The minimum atomic E-state index is -0.362. The summed E-state index contributed by atoms with van der Waals surface area (Å²) in [5.74, 6) is 0.156. The van der Waals surface area contributed by atoms with Crippen molar-refractivity contribution in [3.8, 4) is 0 Å². The van der Waals surface area contributed by atoms with Gasteiger partial charge in [-0.15, -0.1) is 0 Å². The van der Waals surface area contributed by atoms with Crippen molar-refractivity contribution in [2.45, 2.75) is 46.5 Å². The number of carbonyl (C=O) groups is 1. The van der Waals surface area contributed by atoms with Crippen LogP contribution in [0.1, 0.15) is 46.5 Å². The smallest absolute Gasteiger partial charge is 0.229 e. The number of nitrogens with two attached hydrogens (primary N) is 1. The van der Waals surface area contributed by atoms with E-state index in [-0.39, 0.29) is 16.8 Å². The van der Waals surface area contributed by atoms with Crippen LogP contribution in [0.15, 0.2) is 0 Å². The van der Waals surface area contributed by atoms with Gasteiger partial charge in [-0.2, -0.15) is 0 Å². The number of rotatable bonds is 8.